The lowest BCUT2D eigenvalue weighted by Gasteiger charge is -2.24. The summed E-state index contributed by atoms with van der Waals surface area (Å²) in [5, 5.41) is 11.9. The van der Waals surface area contributed by atoms with Crippen LogP contribution in [0.1, 0.15) is 37.0 Å². The summed E-state index contributed by atoms with van der Waals surface area (Å²) in [5.41, 5.74) is 3.55. The van der Waals surface area contributed by atoms with Gasteiger partial charge >= 0.3 is 6.09 Å². The standard InChI is InChI=1S/C34H39N5O5/c1-23(2)17-29(38-31(40)21-37-34(43)44-22-25-13-7-4-8-14-25)33(42)39-30(32(41)36-19-24-11-5-3-6-12-24)18-26-20-35-28-16-10-9-15-27(26)28/h3-16,20,23,29-30,35H,17-19,21-22H2,1-2H3,(H,36,41)(H,37,43)(H,38,40)(H,39,42). The molecule has 44 heavy (non-hydrogen) atoms. The number of carbonyl (C=O) groups excluding carboxylic acids is 4. The fourth-order valence-corrected chi connectivity index (χ4v) is 4.79. The summed E-state index contributed by atoms with van der Waals surface area (Å²) in [7, 11) is 0. The number of alkyl carbamates (subject to hydrolysis) is 1. The van der Waals surface area contributed by atoms with Gasteiger partial charge in [0.15, 0.2) is 0 Å². The molecule has 3 aromatic carbocycles. The molecule has 1 aromatic heterocycles. The van der Waals surface area contributed by atoms with Gasteiger partial charge in [-0.15, -0.1) is 0 Å². The molecule has 4 rings (SSSR count). The summed E-state index contributed by atoms with van der Waals surface area (Å²) in [5.74, 6) is -1.32. The molecule has 4 aromatic rings. The van der Waals surface area contributed by atoms with Gasteiger partial charge in [-0.05, 0) is 35.1 Å². The number of para-hydroxylation sites is 1. The van der Waals surface area contributed by atoms with E-state index in [-0.39, 0.29) is 31.4 Å². The van der Waals surface area contributed by atoms with Crippen LogP contribution in [0.15, 0.2) is 91.1 Å². The molecular formula is C34H39N5O5. The van der Waals surface area contributed by atoms with E-state index in [1.54, 1.807) is 0 Å². The highest BCUT2D eigenvalue weighted by Crippen LogP contribution is 2.19. The first-order valence-corrected chi connectivity index (χ1v) is 14.7. The Morgan fingerprint density at radius 1 is 0.750 bits per heavy atom. The number of hydrogen-bond donors (Lipinski definition) is 5. The van der Waals surface area contributed by atoms with Crippen molar-refractivity contribution >= 4 is 34.7 Å². The van der Waals surface area contributed by atoms with E-state index in [4.69, 9.17) is 4.74 Å². The second kappa shape index (κ2) is 15.9. The van der Waals surface area contributed by atoms with Crippen molar-refractivity contribution in [1.29, 1.82) is 0 Å². The van der Waals surface area contributed by atoms with Crippen LogP contribution in [0.2, 0.25) is 0 Å². The molecule has 0 aliphatic carbocycles. The molecule has 0 aliphatic rings. The maximum Gasteiger partial charge on any atom is 0.407 e. The molecule has 0 bridgehead atoms. The maximum absolute atomic E-state index is 13.6. The second-order valence-electron chi connectivity index (χ2n) is 11.0. The van der Waals surface area contributed by atoms with E-state index in [9.17, 15) is 19.2 Å². The summed E-state index contributed by atoms with van der Waals surface area (Å²) in [6.45, 7) is 3.87. The molecule has 0 saturated heterocycles. The highest BCUT2D eigenvalue weighted by Gasteiger charge is 2.28. The normalized spacial score (nSPS) is 12.2. The van der Waals surface area contributed by atoms with E-state index in [0.717, 1.165) is 27.6 Å². The van der Waals surface area contributed by atoms with E-state index in [1.165, 1.54) is 0 Å². The third-order valence-corrected chi connectivity index (χ3v) is 7.01. The Balaban J connectivity index is 1.40. The molecule has 5 N–H and O–H groups in total. The Morgan fingerprint density at radius 2 is 1.41 bits per heavy atom. The van der Waals surface area contributed by atoms with Crippen molar-refractivity contribution in [2.75, 3.05) is 6.54 Å². The van der Waals surface area contributed by atoms with Gasteiger partial charge < -0.3 is 31.0 Å². The zero-order valence-electron chi connectivity index (χ0n) is 25.0. The molecule has 4 amide bonds. The number of nitrogens with one attached hydrogen (secondary N) is 5. The molecule has 10 heteroatoms. The minimum absolute atomic E-state index is 0.0637. The van der Waals surface area contributed by atoms with Crippen molar-refractivity contribution in [2.45, 2.75) is 51.9 Å². The van der Waals surface area contributed by atoms with E-state index < -0.39 is 30.0 Å². The Morgan fingerprint density at radius 3 is 2.11 bits per heavy atom. The number of hydrogen-bond acceptors (Lipinski definition) is 5. The Hall–Kier alpha value is -5.12. The number of rotatable bonds is 14. The Bertz CT molecular complexity index is 1540. The van der Waals surface area contributed by atoms with Crippen LogP contribution < -0.4 is 21.3 Å². The van der Waals surface area contributed by atoms with Crippen molar-refractivity contribution in [2.24, 2.45) is 5.92 Å². The third kappa shape index (κ3) is 9.72. The molecule has 0 spiro atoms. The van der Waals surface area contributed by atoms with Gasteiger partial charge in [-0.25, -0.2) is 4.79 Å². The average molecular weight is 598 g/mol. The maximum atomic E-state index is 13.6. The van der Waals surface area contributed by atoms with E-state index in [1.807, 2.05) is 105 Å². The average Bonchev–Trinajstić information content (AvgIpc) is 3.44. The fourth-order valence-electron chi connectivity index (χ4n) is 4.79. The van der Waals surface area contributed by atoms with Crippen LogP contribution in [0.25, 0.3) is 10.9 Å². The molecule has 10 nitrogen and oxygen atoms in total. The molecule has 1 heterocycles. The fraction of sp³-hybridized carbons (Fsp3) is 0.294. The Kier molecular flexibility index (Phi) is 11.5. The van der Waals surface area contributed by atoms with Crippen LogP contribution in [0.3, 0.4) is 0 Å². The minimum Gasteiger partial charge on any atom is -0.445 e. The Labute approximate surface area is 257 Å². The number of fused-ring (bicyclic) bond motifs is 1. The summed E-state index contributed by atoms with van der Waals surface area (Å²) >= 11 is 0. The van der Waals surface area contributed by atoms with Gasteiger partial charge in [0.05, 0.1) is 0 Å². The number of ether oxygens (including phenoxy) is 1. The number of aromatic amines is 1. The monoisotopic (exact) mass is 597 g/mol. The minimum atomic E-state index is -0.919. The number of H-pyrrole nitrogens is 1. The van der Waals surface area contributed by atoms with Crippen LogP contribution in [0, 0.1) is 5.92 Å². The number of carbonyl (C=O) groups is 4. The van der Waals surface area contributed by atoms with Crippen molar-refractivity contribution in [1.82, 2.24) is 26.3 Å². The lowest BCUT2D eigenvalue weighted by molar-refractivity contribution is -0.132. The molecule has 0 radical (unpaired) electrons. The zero-order chi connectivity index (χ0) is 31.3. The number of amides is 4. The summed E-state index contributed by atoms with van der Waals surface area (Å²) in [4.78, 5) is 55.1. The largest absolute Gasteiger partial charge is 0.445 e. The quantitative estimate of drug-likeness (QED) is 0.150. The lowest BCUT2D eigenvalue weighted by atomic mass is 10.0. The van der Waals surface area contributed by atoms with Gasteiger partial charge in [-0.1, -0.05) is 92.7 Å². The smallest absolute Gasteiger partial charge is 0.407 e. The molecule has 0 aliphatic heterocycles. The predicted molar refractivity (Wildman–Crippen MR) is 168 cm³/mol. The van der Waals surface area contributed by atoms with Gasteiger partial charge in [-0.3, -0.25) is 14.4 Å². The molecule has 230 valence electrons. The van der Waals surface area contributed by atoms with Crippen molar-refractivity contribution in [3.63, 3.8) is 0 Å². The van der Waals surface area contributed by atoms with E-state index in [0.29, 0.717) is 13.0 Å². The first-order chi connectivity index (χ1) is 21.3. The van der Waals surface area contributed by atoms with Crippen LogP contribution >= 0.6 is 0 Å². The van der Waals surface area contributed by atoms with E-state index >= 15 is 0 Å². The third-order valence-electron chi connectivity index (χ3n) is 7.01. The number of aromatic nitrogens is 1. The van der Waals surface area contributed by atoms with Crippen molar-refractivity contribution in [3.8, 4) is 0 Å². The lowest BCUT2D eigenvalue weighted by Crippen LogP contribution is -2.55. The summed E-state index contributed by atoms with van der Waals surface area (Å²) in [6.07, 6.45) is 1.67. The van der Waals surface area contributed by atoms with Crippen LogP contribution in [0.5, 0.6) is 0 Å². The van der Waals surface area contributed by atoms with Gasteiger partial charge in [0.1, 0.15) is 25.2 Å². The summed E-state index contributed by atoms with van der Waals surface area (Å²) in [6, 6.07) is 24.6. The van der Waals surface area contributed by atoms with Crippen LogP contribution in [-0.4, -0.2) is 47.4 Å². The molecule has 2 atom stereocenters. The van der Waals surface area contributed by atoms with Gasteiger partial charge in [-0.2, -0.15) is 0 Å². The van der Waals surface area contributed by atoms with Crippen LogP contribution in [-0.2, 0) is 38.7 Å². The van der Waals surface area contributed by atoms with E-state index in [2.05, 4.69) is 26.3 Å². The molecule has 0 fully saturated rings. The van der Waals surface area contributed by atoms with Gasteiger partial charge in [0.25, 0.3) is 0 Å². The summed E-state index contributed by atoms with van der Waals surface area (Å²) < 4.78 is 5.15. The topological polar surface area (TPSA) is 141 Å². The van der Waals surface area contributed by atoms with Gasteiger partial charge in [0.2, 0.25) is 17.7 Å². The molecular weight excluding hydrogens is 558 g/mol. The second-order valence-corrected chi connectivity index (χ2v) is 11.0. The zero-order valence-corrected chi connectivity index (χ0v) is 25.0. The van der Waals surface area contributed by atoms with Crippen molar-refractivity contribution < 1.29 is 23.9 Å². The molecule has 0 saturated carbocycles. The molecule has 2 unspecified atom stereocenters. The first-order valence-electron chi connectivity index (χ1n) is 14.7. The van der Waals surface area contributed by atoms with Gasteiger partial charge in [0, 0.05) is 30.1 Å². The predicted octanol–water partition coefficient (Wildman–Crippen LogP) is 3.97. The highest BCUT2D eigenvalue weighted by molar-refractivity contribution is 5.93. The highest BCUT2D eigenvalue weighted by atomic mass is 16.5. The first kappa shape index (κ1) is 31.8. The van der Waals surface area contributed by atoms with Crippen LogP contribution in [0.4, 0.5) is 4.79 Å². The van der Waals surface area contributed by atoms with Crippen molar-refractivity contribution in [3.05, 3.63) is 108 Å². The SMILES string of the molecule is CC(C)CC(NC(=O)CNC(=O)OCc1ccccc1)C(=O)NC(Cc1c[nH]c2ccccc12)C(=O)NCc1ccccc1. The number of benzene rings is 3.